The maximum absolute atomic E-state index is 11.2. The molecule has 1 aliphatic heterocycles. The van der Waals surface area contributed by atoms with Crippen molar-refractivity contribution in [3.05, 3.63) is 21.6 Å². The molecule has 1 aromatic heterocycles. The average molecular weight is 287 g/mol. The molecule has 1 aromatic rings. The van der Waals surface area contributed by atoms with E-state index in [1.807, 2.05) is 0 Å². The summed E-state index contributed by atoms with van der Waals surface area (Å²) in [4.78, 5) is 11.2. The Balaban J connectivity index is 1.63. The number of anilines is 1. The lowest BCUT2D eigenvalue weighted by atomic mass is 10.1. The van der Waals surface area contributed by atoms with Crippen molar-refractivity contribution in [1.82, 2.24) is 15.5 Å². The van der Waals surface area contributed by atoms with Crippen LogP contribution in [0.1, 0.15) is 19.3 Å². The van der Waals surface area contributed by atoms with Crippen LogP contribution < -0.4 is 16.2 Å². The first-order chi connectivity index (χ1) is 9.27. The summed E-state index contributed by atoms with van der Waals surface area (Å²) >= 11 is 5.84. The molecule has 0 saturated carbocycles. The van der Waals surface area contributed by atoms with Crippen molar-refractivity contribution in [3.8, 4) is 0 Å². The summed E-state index contributed by atoms with van der Waals surface area (Å²) in [7, 11) is 0. The molecule has 0 atom stereocenters. The van der Waals surface area contributed by atoms with Crippen molar-refractivity contribution in [2.75, 3.05) is 31.6 Å². The van der Waals surface area contributed by atoms with Crippen molar-refractivity contribution >= 4 is 17.3 Å². The maximum atomic E-state index is 11.2. The van der Waals surface area contributed by atoms with E-state index in [1.54, 1.807) is 0 Å². The Morgan fingerprint density at radius 1 is 1.47 bits per heavy atom. The minimum absolute atomic E-state index is 0.147. The van der Waals surface area contributed by atoms with Crippen LogP contribution in [-0.2, 0) is 4.74 Å². The second kappa shape index (κ2) is 7.47. The molecule has 0 spiro atoms. The predicted molar refractivity (Wildman–Crippen MR) is 74.8 cm³/mol. The summed E-state index contributed by atoms with van der Waals surface area (Å²) < 4.78 is 5.78. The standard InChI is InChI=1S/C12H19ClN4O2/c13-11-10(8-16-17-12(11)18)15-4-1-7-19-9-2-5-14-6-3-9/h8-9,14H,1-7H2,(H2,15,17,18). The Morgan fingerprint density at radius 2 is 2.26 bits per heavy atom. The molecule has 0 unspecified atom stereocenters. The van der Waals surface area contributed by atoms with Gasteiger partial charge in [0.05, 0.1) is 18.0 Å². The van der Waals surface area contributed by atoms with Crippen LogP contribution in [-0.4, -0.2) is 42.5 Å². The number of nitrogens with zero attached hydrogens (tertiary/aromatic N) is 1. The molecule has 0 bridgehead atoms. The van der Waals surface area contributed by atoms with E-state index < -0.39 is 0 Å². The highest BCUT2D eigenvalue weighted by molar-refractivity contribution is 6.32. The Hall–Kier alpha value is -1.11. The molecular formula is C12H19ClN4O2. The number of hydrogen-bond acceptors (Lipinski definition) is 5. The number of H-pyrrole nitrogens is 1. The second-order valence-corrected chi connectivity index (χ2v) is 4.91. The zero-order chi connectivity index (χ0) is 13.5. The molecule has 1 aliphatic rings. The molecule has 0 aliphatic carbocycles. The molecule has 0 aromatic carbocycles. The molecule has 19 heavy (non-hydrogen) atoms. The van der Waals surface area contributed by atoms with Gasteiger partial charge in [-0.25, -0.2) is 5.10 Å². The van der Waals surface area contributed by atoms with Gasteiger partial charge in [-0.05, 0) is 32.4 Å². The van der Waals surface area contributed by atoms with E-state index in [2.05, 4.69) is 20.8 Å². The molecule has 7 heteroatoms. The maximum Gasteiger partial charge on any atom is 0.285 e. The van der Waals surface area contributed by atoms with Crippen LogP contribution in [0.2, 0.25) is 5.02 Å². The highest BCUT2D eigenvalue weighted by Crippen LogP contribution is 2.14. The summed E-state index contributed by atoms with van der Waals surface area (Å²) in [6.45, 7) is 3.50. The highest BCUT2D eigenvalue weighted by Gasteiger charge is 2.12. The first-order valence-corrected chi connectivity index (χ1v) is 6.94. The lowest BCUT2D eigenvalue weighted by Gasteiger charge is -2.22. The van der Waals surface area contributed by atoms with Gasteiger partial charge in [0.25, 0.3) is 5.56 Å². The molecule has 1 fully saturated rings. The zero-order valence-corrected chi connectivity index (χ0v) is 11.5. The van der Waals surface area contributed by atoms with Crippen LogP contribution in [0, 0.1) is 0 Å². The van der Waals surface area contributed by atoms with E-state index in [0.717, 1.165) is 32.4 Å². The molecular weight excluding hydrogens is 268 g/mol. The van der Waals surface area contributed by atoms with Crippen molar-refractivity contribution in [2.24, 2.45) is 0 Å². The van der Waals surface area contributed by atoms with Crippen molar-refractivity contribution in [2.45, 2.75) is 25.4 Å². The summed E-state index contributed by atoms with van der Waals surface area (Å²) in [5.74, 6) is 0. The molecule has 6 nitrogen and oxygen atoms in total. The van der Waals surface area contributed by atoms with E-state index in [1.165, 1.54) is 6.20 Å². The fraction of sp³-hybridized carbons (Fsp3) is 0.667. The Labute approximate surface area is 116 Å². The summed E-state index contributed by atoms with van der Waals surface area (Å²) in [5, 5.41) is 12.5. The monoisotopic (exact) mass is 286 g/mol. The number of rotatable bonds is 6. The number of aromatic amines is 1. The van der Waals surface area contributed by atoms with E-state index in [4.69, 9.17) is 16.3 Å². The Morgan fingerprint density at radius 3 is 3.05 bits per heavy atom. The van der Waals surface area contributed by atoms with Crippen molar-refractivity contribution in [3.63, 3.8) is 0 Å². The number of piperidine rings is 1. The highest BCUT2D eigenvalue weighted by atomic mass is 35.5. The van der Waals surface area contributed by atoms with E-state index in [0.29, 0.717) is 24.9 Å². The molecule has 0 amide bonds. The first-order valence-electron chi connectivity index (χ1n) is 6.57. The van der Waals surface area contributed by atoms with Gasteiger partial charge in [0.2, 0.25) is 0 Å². The normalized spacial score (nSPS) is 16.5. The fourth-order valence-electron chi connectivity index (χ4n) is 2.01. The van der Waals surface area contributed by atoms with E-state index in [-0.39, 0.29) is 10.6 Å². The quantitative estimate of drug-likeness (QED) is 0.680. The van der Waals surface area contributed by atoms with Gasteiger partial charge >= 0.3 is 0 Å². The van der Waals surface area contributed by atoms with Crippen molar-refractivity contribution < 1.29 is 4.74 Å². The van der Waals surface area contributed by atoms with Gasteiger partial charge in [-0.2, -0.15) is 5.10 Å². The summed E-state index contributed by atoms with van der Waals surface area (Å²) in [5.41, 5.74) is 0.185. The topological polar surface area (TPSA) is 79.0 Å². The molecule has 106 valence electrons. The van der Waals surface area contributed by atoms with Crippen LogP contribution in [0.4, 0.5) is 5.69 Å². The lowest BCUT2D eigenvalue weighted by Crippen LogP contribution is -2.32. The van der Waals surface area contributed by atoms with Crippen molar-refractivity contribution in [1.29, 1.82) is 0 Å². The number of ether oxygens (including phenoxy) is 1. The fourth-order valence-corrected chi connectivity index (χ4v) is 2.17. The number of hydrogen-bond donors (Lipinski definition) is 3. The third-order valence-electron chi connectivity index (χ3n) is 3.07. The third-order valence-corrected chi connectivity index (χ3v) is 3.45. The van der Waals surface area contributed by atoms with Crippen LogP contribution >= 0.6 is 11.6 Å². The van der Waals surface area contributed by atoms with Gasteiger partial charge in [-0.1, -0.05) is 11.6 Å². The smallest absolute Gasteiger partial charge is 0.285 e. The molecule has 3 N–H and O–H groups in total. The minimum Gasteiger partial charge on any atom is -0.382 e. The Kier molecular flexibility index (Phi) is 5.62. The van der Waals surface area contributed by atoms with Gasteiger partial charge in [-0.15, -0.1) is 0 Å². The van der Waals surface area contributed by atoms with E-state index in [9.17, 15) is 4.79 Å². The van der Waals surface area contributed by atoms with Gasteiger partial charge in [0.15, 0.2) is 0 Å². The number of aromatic nitrogens is 2. The number of halogens is 1. The van der Waals surface area contributed by atoms with Crippen LogP contribution in [0.15, 0.2) is 11.0 Å². The minimum atomic E-state index is -0.377. The Bertz CT molecular complexity index is 446. The zero-order valence-electron chi connectivity index (χ0n) is 10.7. The SMILES string of the molecule is O=c1[nH]ncc(NCCCOC2CCNCC2)c1Cl. The lowest BCUT2D eigenvalue weighted by molar-refractivity contribution is 0.0329. The second-order valence-electron chi connectivity index (χ2n) is 4.53. The van der Waals surface area contributed by atoms with Crippen LogP contribution in [0.5, 0.6) is 0 Å². The molecule has 1 saturated heterocycles. The molecule has 2 rings (SSSR count). The van der Waals surface area contributed by atoms with Gasteiger partial charge in [-0.3, -0.25) is 4.79 Å². The van der Waals surface area contributed by atoms with Crippen LogP contribution in [0.3, 0.4) is 0 Å². The third kappa shape index (κ3) is 4.49. The van der Waals surface area contributed by atoms with Gasteiger partial charge < -0.3 is 15.4 Å². The number of nitrogens with one attached hydrogen (secondary N) is 3. The summed E-state index contributed by atoms with van der Waals surface area (Å²) in [6, 6.07) is 0. The van der Waals surface area contributed by atoms with E-state index >= 15 is 0 Å². The average Bonchev–Trinajstić information content (AvgIpc) is 2.44. The van der Waals surface area contributed by atoms with Gasteiger partial charge in [0, 0.05) is 13.2 Å². The van der Waals surface area contributed by atoms with Gasteiger partial charge in [0.1, 0.15) is 5.02 Å². The first kappa shape index (κ1) is 14.3. The van der Waals surface area contributed by atoms with Crippen LogP contribution in [0.25, 0.3) is 0 Å². The molecule has 0 radical (unpaired) electrons. The predicted octanol–water partition coefficient (Wildman–Crippen LogP) is 0.994. The molecule has 2 heterocycles. The summed E-state index contributed by atoms with van der Waals surface area (Å²) in [6.07, 6.45) is 4.92. The largest absolute Gasteiger partial charge is 0.382 e.